The minimum atomic E-state index is -1.78. The summed E-state index contributed by atoms with van der Waals surface area (Å²) >= 11 is 0. The number of rotatable bonds is 70. The molecule has 0 aromatic rings. The first kappa shape index (κ1) is 88.1. The van der Waals surface area contributed by atoms with Gasteiger partial charge in [-0.3, -0.25) is 4.79 Å². The van der Waals surface area contributed by atoms with E-state index in [1.165, 1.54) is 327 Å². The number of aliphatic hydroxyl groups excluding tert-OH is 8. The number of hydrogen-bond acceptors (Lipinski definition) is 13. The van der Waals surface area contributed by atoms with Crippen molar-refractivity contribution in [3.05, 3.63) is 0 Å². The van der Waals surface area contributed by atoms with E-state index in [4.69, 9.17) is 18.9 Å². The lowest BCUT2D eigenvalue weighted by Crippen LogP contribution is -2.65. The Balaban J connectivity index is 1.59. The van der Waals surface area contributed by atoms with Crippen LogP contribution in [-0.4, -0.2) is 140 Å². The highest BCUT2D eigenvalue weighted by molar-refractivity contribution is 5.76. The van der Waals surface area contributed by atoms with Crippen molar-refractivity contribution in [2.75, 3.05) is 19.8 Å². The van der Waals surface area contributed by atoms with E-state index in [1.807, 2.05) is 0 Å². The largest absolute Gasteiger partial charge is 0.394 e. The average molecular weight is 1330 g/mol. The summed E-state index contributed by atoms with van der Waals surface area (Å²) < 4.78 is 23.0. The fourth-order valence-corrected chi connectivity index (χ4v) is 14.1. The second kappa shape index (κ2) is 64.4. The molecule has 2 saturated heterocycles. The first-order valence-electron chi connectivity index (χ1n) is 40.8. The lowest BCUT2D eigenvalue weighted by molar-refractivity contribution is -0.359. The lowest BCUT2D eigenvalue weighted by Gasteiger charge is -2.46. The van der Waals surface area contributed by atoms with Crippen molar-refractivity contribution in [2.24, 2.45) is 0 Å². The molecule has 12 unspecified atom stereocenters. The van der Waals surface area contributed by atoms with Gasteiger partial charge in [0.25, 0.3) is 0 Å². The Labute approximate surface area is 572 Å². The summed E-state index contributed by atoms with van der Waals surface area (Å²) in [6, 6.07) is -0.825. The highest BCUT2D eigenvalue weighted by atomic mass is 16.7. The molecule has 0 aromatic carbocycles. The number of amides is 1. The monoisotopic (exact) mass is 1330 g/mol. The SMILES string of the molecule is CCCCCCCCCCCCCCCCCCCCCCCCCCCCCCCCCCCC(O)C(COC1OC(CO)C(OC2OC(CO)C(O)C(O)C2O)C(O)C1O)NC(=O)CCCCCCCCCCCCCCCCCCCCCCCCCCCC. The van der Waals surface area contributed by atoms with Crippen LogP contribution in [0.5, 0.6) is 0 Å². The summed E-state index contributed by atoms with van der Waals surface area (Å²) in [5, 5.41) is 87.9. The minimum Gasteiger partial charge on any atom is -0.394 e. The molecule has 0 spiro atoms. The first-order chi connectivity index (χ1) is 45.6. The predicted molar refractivity (Wildman–Crippen MR) is 383 cm³/mol. The maximum Gasteiger partial charge on any atom is 0.220 e. The minimum absolute atomic E-state index is 0.195. The Bertz CT molecular complexity index is 1560. The zero-order valence-corrected chi connectivity index (χ0v) is 60.8. The van der Waals surface area contributed by atoms with Gasteiger partial charge in [-0.15, -0.1) is 0 Å². The van der Waals surface area contributed by atoms with E-state index in [-0.39, 0.29) is 12.5 Å². The van der Waals surface area contributed by atoms with Crippen molar-refractivity contribution < 1.29 is 64.6 Å². The van der Waals surface area contributed by atoms with Gasteiger partial charge in [-0.25, -0.2) is 0 Å². The summed E-state index contributed by atoms with van der Waals surface area (Å²) in [6.45, 7) is 2.95. The maximum absolute atomic E-state index is 13.4. The molecule has 0 radical (unpaired) electrons. The molecule has 0 bridgehead atoms. The van der Waals surface area contributed by atoms with Crippen LogP contribution in [0.1, 0.15) is 406 Å². The summed E-state index contributed by atoms with van der Waals surface area (Å²) in [5.41, 5.74) is 0. The van der Waals surface area contributed by atoms with E-state index in [9.17, 15) is 45.6 Å². The molecule has 14 nitrogen and oxygen atoms in total. The fraction of sp³-hybridized carbons (Fsp3) is 0.987. The maximum atomic E-state index is 13.4. The van der Waals surface area contributed by atoms with Gasteiger partial charge < -0.3 is 65.1 Å². The van der Waals surface area contributed by atoms with E-state index in [0.29, 0.717) is 12.8 Å². The van der Waals surface area contributed by atoms with Gasteiger partial charge in [-0.1, -0.05) is 386 Å². The third-order valence-electron chi connectivity index (χ3n) is 20.6. The van der Waals surface area contributed by atoms with E-state index >= 15 is 0 Å². The van der Waals surface area contributed by atoms with E-state index in [0.717, 1.165) is 51.4 Å². The van der Waals surface area contributed by atoms with Crippen LogP contribution in [0.2, 0.25) is 0 Å². The second-order valence-corrected chi connectivity index (χ2v) is 29.3. The van der Waals surface area contributed by atoms with Crippen molar-refractivity contribution in [1.82, 2.24) is 5.32 Å². The molecule has 1 amide bonds. The van der Waals surface area contributed by atoms with Gasteiger partial charge in [-0.2, -0.15) is 0 Å². The molecule has 0 aliphatic carbocycles. The Morgan fingerprint density at radius 2 is 0.613 bits per heavy atom. The number of carbonyl (C=O) groups excluding carboxylic acids is 1. The van der Waals surface area contributed by atoms with Crippen LogP contribution in [-0.2, 0) is 23.7 Å². The smallest absolute Gasteiger partial charge is 0.220 e. The van der Waals surface area contributed by atoms with Gasteiger partial charge >= 0.3 is 0 Å². The van der Waals surface area contributed by atoms with Gasteiger partial charge in [0, 0.05) is 6.42 Å². The molecular weight excluding hydrogens is 1170 g/mol. The van der Waals surface area contributed by atoms with Crippen LogP contribution < -0.4 is 5.32 Å². The number of carbonyl (C=O) groups is 1. The molecule has 554 valence electrons. The van der Waals surface area contributed by atoms with Gasteiger partial charge in [0.1, 0.15) is 48.8 Å². The van der Waals surface area contributed by atoms with Crippen molar-refractivity contribution >= 4 is 5.91 Å². The molecule has 2 heterocycles. The van der Waals surface area contributed by atoms with Crippen LogP contribution in [0.3, 0.4) is 0 Å². The van der Waals surface area contributed by atoms with Crippen LogP contribution in [0.4, 0.5) is 0 Å². The molecule has 9 N–H and O–H groups in total. The van der Waals surface area contributed by atoms with E-state index < -0.39 is 86.8 Å². The van der Waals surface area contributed by atoms with Crippen LogP contribution in [0, 0.1) is 0 Å². The van der Waals surface area contributed by atoms with Crippen LogP contribution in [0.15, 0.2) is 0 Å². The number of ether oxygens (including phenoxy) is 4. The average Bonchev–Trinajstić information content (AvgIpc) is 0.854. The number of hydrogen-bond donors (Lipinski definition) is 9. The molecule has 0 aromatic heterocycles. The Kier molecular flexibility index (Phi) is 61.0. The van der Waals surface area contributed by atoms with E-state index in [1.54, 1.807) is 0 Å². The third kappa shape index (κ3) is 47.6. The summed E-state index contributed by atoms with van der Waals surface area (Å²) in [4.78, 5) is 13.4. The quantitative estimate of drug-likeness (QED) is 0.0259. The Hall–Kier alpha value is -1.01. The van der Waals surface area contributed by atoms with Gasteiger partial charge in [0.15, 0.2) is 12.6 Å². The summed E-state index contributed by atoms with van der Waals surface area (Å²) in [6.07, 6.45) is 63.0. The standard InChI is InChI=1S/C79H155NO13/c1-3-5-7-9-11-13-15-17-19-21-23-25-27-29-31-32-33-34-35-36-37-38-40-42-44-46-48-50-52-54-56-58-60-62-68(83)67(66-90-78-76(89)74(87)77(70(65-82)92-78)93-79-75(88)73(86)72(85)69(64-81)91-79)80-71(84)63-61-59-57-55-53-51-49-47-45-43-41-39-30-28-26-24-22-20-18-16-14-12-10-8-6-4-2/h67-70,72-79,81-83,85-89H,3-66H2,1-2H3,(H,80,84). The topological polar surface area (TPSA) is 228 Å². The molecule has 2 aliphatic heterocycles. The predicted octanol–water partition coefficient (Wildman–Crippen LogP) is 18.3. The molecule has 2 fully saturated rings. The third-order valence-corrected chi connectivity index (χ3v) is 20.6. The van der Waals surface area contributed by atoms with Crippen molar-refractivity contribution in [3.63, 3.8) is 0 Å². The summed E-state index contributed by atoms with van der Waals surface area (Å²) in [7, 11) is 0. The lowest BCUT2D eigenvalue weighted by atomic mass is 9.97. The highest BCUT2D eigenvalue weighted by Crippen LogP contribution is 2.31. The number of aliphatic hydroxyl groups is 8. The number of unbranched alkanes of at least 4 members (excludes halogenated alkanes) is 57. The van der Waals surface area contributed by atoms with Crippen LogP contribution >= 0.6 is 0 Å². The van der Waals surface area contributed by atoms with Crippen molar-refractivity contribution in [1.29, 1.82) is 0 Å². The van der Waals surface area contributed by atoms with Crippen molar-refractivity contribution in [2.45, 2.75) is 479 Å². The molecule has 0 saturated carbocycles. The molecule has 14 heteroatoms. The van der Waals surface area contributed by atoms with E-state index in [2.05, 4.69) is 19.2 Å². The van der Waals surface area contributed by atoms with Crippen molar-refractivity contribution in [3.8, 4) is 0 Å². The fourth-order valence-electron chi connectivity index (χ4n) is 14.1. The molecular formula is C79H155NO13. The van der Waals surface area contributed by atoms with Gasteiger partial charge in [0.05, 0.1) is 32.0 Å². The zero-order valence-electron chi connectivity index (χ0n) is 60.8. The molecule has 2 rings (SSSR count). The van der Waals surface area contributed by atoms with Crippen LogP contribution in [0.25, 0.3) is 0 Å². The zero-order chi connectivity index (χ0) is 67.3. The first-order valence-corrected chi connectivity index (χ1v) is 40.8. The molecule has 2 aliphatic rings. The highest BCUT2D eigenvalue weighted by Gasteiger charge is 2.51. The Morgan fingerprint density at radius 3 is 0.914 bits per heavy atom. The summed E-state index contributed by atoms with van der Waals surface area (Å²) in [5.74, 6) is -0.195. The number of nitrogens with one attached hydrogen (secondary N) is 1. The van der Waals surface area contributed by atoms with Gasteiger partial charge in [-0.05, 0) is 12.8 Å². The normalized spacial score (nSPS) is 22.4. The molecule has 12 atom stereocenters. The van der Waals surface area contributed by atoms with Gasteiger partial charge in [0.2, 0.25) is 5.91 Å². The Morgan fingerprint density at radius 1 is 0.344 bits per heavy atom. The second-order valence-electron chi connectivity index (χ2n) is 29.3. The molecule has 93 heavy (non-hydrogen) atoms.